The Kier molecular flexibility index (Phi) is 3.17. The standard InChI is InChI=1S/C12H17ClN2/c1-9-3-4-11(13)7-12(9)15-6-5-14-10(2)8-15/h3-4,7,10,14H,5-6,8H2,1-2H3. The van der Waals surface area contributed by atoms with Crippen LogP contribution in [0.3, 0.4) is 0 Å². The van der Waals surface area contributed by atoms with E-state index in [1.165, 1.54) is 11.3 Å². The summed E-state index contributed by atoms with van der Waals surface area (Å²) in [6, 6.07) is 6.66. The van der Waals surface area contributed by atoms with E-state index >= 15 is 0 Å². The predicted molar refractivity (Wildman–Crippen MR) is 65.9 cm³/mol. The molecule has 1 aliphatic heterocycles. The molecule has 1 aliphatic rings. The number of nitrogens with one attached hydrogen (secondary N) is 1. The number of rotatable bonds is 1. The van der Waals surface area contributed by atoms with Crippen LogP contribution in [0.15, 0.2) is 18.2 Å². The zero-order valence-electron chi connectivity index (χ0n) is 9.26. The lowest BCUT2D eigenvalue weighted by molar-refractivity contribution is 0.484. The van der Waals surface area contributed by atoms with Crippen molar-refractivity contribution < 1.29 is 0 Å². The fourth-order valence-electron chi connectivity index (χ4n) is 2.07. The van der Waals surface area contributed by atoms with Crippen LogP contribution in [-0.2, 0) is 0 Å². The molecular weight excluding hydrogens is 208 g/mol. The summed E-state index contributed by atoms with van der Waals surface area (Å²) < 4.78 is 0. The molecule has 2 nitrogen and oxygen atoms in total. The van der Waals surface area contributed by atoms with Gasteiger partial charge in [0.25, 0.3) is 0 Å². The van der Waals surface area contributed by atoms with Crippen LogP contribution in [0.25, 0.3) is 0 Å². The van der Waals surface area contributed by atoms with Crippen LogP contribution in [0.1, 0.15) is 12.5 Å². The van der Waals surface area contributed by atoms with E-state index in [1.54, 1.807) is 0 Å². The predicted octanol–water partition coefficient (Wildman–Crippen LogP) is 2.45. The Labute approximate surface area is 96.2 Å². The van der Waals surface area contributed by atoms with Crippen LogP contribution in [0.4, 0.5) is 5.69 Å². The van der Waals surface area contributed by atoms with Crippen LogP contribution in [0, 0.1) is 6.92 Å². The maximum Gasteiger partial charge on any atom is 0.0426 e. The Morgan fingerprint density at radius 1 is 1.47 bits per heavy atom. The topological polar surface area (TPSA) is 15.3 Å². The number of anilines is 1. The normalized spacial score (nSPS) is 21.8. The SMILES string of the molecule is Cc1ccc(Cl)cc1N1CCNC(C)C1. The Morgan fingerprint density at radius 2 is 2.27 bits per heavy atom. The third-order valence-electron chi connectivity index (χ3n) is 2.88. The molecule has 1 aromatic rings. The quantitative estimate of drug-likeness (QED) is 0.789. The summed E-state index contributed by atoms with van der Waals surface area (Å²) in [5.41, 5.74) is 2.57. The van der Waals surface area contributed by atoms with E-state index in [0.717, 1.165) is 24.7 Å². The van der Waals surface area contributed by atoms with E-state index in [9.17, 15) is 0 Å². The maximum absolute atomic E-state index is 6.03. The lowest BCUT2D eigenvalue weighted by atomic mass is 10.1. The summed E-state index contributed by atoms with van der Waals surface area (Å²) in [6.45, 7) is 7.52. The van der Waals surface area contributed by atoms with E-state index in [2.05, 4.69) is 36.2 Å². The van der Waals surface area contributed by atoms with Gasteiger partial charge in [0.1, 0.15) is 0 Å². The van der Waals surface area contributed by atoms with Gasteiger partial charge in [-0.2, -0.15) is 0 Å². The Balaban J connectivity index is 2.24. The van der Waals surface area contributed by atoms with Crippen molar-refractivity contribution in [2.75, 3.05) is 24.5 Å². The van der Waals surface area contributed by atoms with Crippen LogP contribution in [-0.4, -0.2) is 25.7 Å². The van der Waals surface area contributed by atoms with Gasteiger partial charge in [-0.1, -0.05) is 17.7 Å². The summed E-state index contributed by atoms with van der Waals surface area (Å²) in [5, 5.41) is 4.26. The highest BCUT2D eigenvalue weighted by Crippen LogP contribution is 2.24. The first-order valence-electron chi connectivity index (χ1n) is 5.41. The van der Waals surface area contributed by atoms with Gasteiger partial charge in [-0.15, -0.1) is 0 Å². The smallest absolute Gasteiger partial charge is 0.0426 e. The Bertz CT molecular complexity index is 351. The summed E-state index contributed by atoms with van der Waals surface area (Å²) in [7, 11) is 0. The zero-order chi connectivity index (χ0) is 10.8. The highest BCUT2D eigenvalue weighted by molar-refractivity contribution is 6.30. The highest BCUT2D eigenvalue weighted by atomic mass is 35.5. The molecule has 1 heterocycles. The average Bonchev–Trinajstić information content (AvgIpc) is 2.22. The molecule has 0 amide bonds. The third kappa shape index (κ3) is 2.44. The van der Waals surface area contributed by atoms with Crippen molar-refractivity contribution in [3.63, 3.8) is 0 Å². The van der Waals surface area contributed by atoms with Crippen LogP contribution < -0.4 is 10.2 Å². The van der Waals surface area contributed by atoms with Gasteiger partial charge < -0.3 is 10.2 Å². The molecule has 2 rings (SSSR count). The van der Waals surface area contributed by atoms with Gasteiger partial charge in [0.2, 0.25) is 0 Å². The number of hydrogen-bond acceptors (Lipinski definition) is 2. The first kappa shape index (κ1) is 10.8. The minimum absolute atomic E-state index is 0.553. The summed E-state index contributed by atoms with van der Waals surface area (Å²) in [4.78, 5) is 2.41. The van der Waals surface area contributed by atoms with Crippen molar-refractivity contribution in [1.29, 1.82) is 0 Å². The number of nitrogens with zero attached hydrogens (tertiary/aromatic N) is 1. The molecule has 1 N–H and O–H groups in total. The van der Waals surface area contributed by atoms with Crippen LogP contribution in [0.2, 0.25) is 5.02 Å². The van der Waals surface area contributed by atoms with Gasteiger partial charge in [0, 0.05) is 36.4 Å². The van der Waals surface area contributed by atoms with E-state index in [0.29, 0.717) is 6.04 Å². The van der Waals surface area contributed by atoms with Crippen molar-refractivity contribution in [1.82, 2.24) is 5.32 Å². The van der Waals surface area contributed by atoms with Crippen LogP contribution >= 0.6 is 11.6 Å². The minimum atomic E-state index is 0.553. The van der Waals surface area contributed by atoms with Gasteiger partial charge in [-0.3, -0.25) is 0 Å². The minimum Gasteiger partial charge on any atom is -0.368 e. The summed E-state index contributed by atoms with van der Waals surface area (Å²) >= 11 is 6.03. The second-order valence-corrected chi connectivity index (χ2v) is 4.67. The number of piperazine rings is 1. The molecule has 0 saturated carbocycles. The van der Waals surface area contributed by atoms with Crippen molar-refractivity contribution in [3.8, 4) is 0 Å². The largest absolute Gasteiger partial charge is 0.368 e. The molecule has 1 atom stereocenters. The second kappa shape index (κ2) is 4.42. The lowest BCUT2D eigenvalue weighted by Crippen LogP contribution is -2.49. The number of hydrogen-bond donors (Lipinski definition) is 1. The molecule has 1 aromatic carbocycles. The molecule has 0 spiro atoms. The van der Waals surface area contributed by atoms with E-state index in [1.807, 2.05) is 6.07 Å². The number of halogens is 1. The first-order valence-corrected chi connectivity index (χ1v) is 5.79. The van der Waals surface area contributed by atoms with E-state index in [4.69, 9.17) is 11.6 Å². The molecular formula is C12H17ClN2. The molecule has 0 aliphatic carbocycles. The van der Waals surface area contributed by atoms with Crippen molar-refractivity contribution in [2.24, 2.45) is 0 Å². The highest BCUT2D eigenvalue weighted by Gasteiger charge is 2.17. The molecule has 1 fully saturated rings. The maximum atomic E-state index is 6.03. The zero-order valence-corrected chi connectivity index (χ0v) is 10.0. The van der Waals surface area contributed by atoms with Crippen molar-refractivity contribution in [2.45, 2.75) is 19.9 Å². The average molecular weight is 225 g/mol. The molecule has 82 valence electrons. The van der Waals surface area contributed by atoms with E-state index in [-0.39, 0.29) is 0 Å². The third-order valence-corrected chi connectivity index (χ3v) is 3.12. The van der Waals surface area contributed by atoms with Gasteiger partial charge in [0.05, 0.1) is 0 Å². The summed E-state index contributed by atoms with van der Waals surface area (Å²) in [5.74, 6) is 0. The Morgan fingerprint density at radius 3 is 3.00 bits per heavy atom. The van der Waals surface area contributed by atoms with Crippen molar-refractivity contribution >= 4 is 17.3 Å². The lowest BCUT2D eigenvalue weighted by Gasteiger charge is -2.34. The van der Waals surface area contributed by atoms with Crippen LogP contribution in [0.5, 0.6) is 0 Å². The number of aryl methyl sites for hydroxylation is 1. The number of benzene rings is 1. The molecule has 15 heavy (non-hydrogen) atoms. The van der Waals surface area contributed by atoms with E-state index < -0.39 is 0 Å². The molecule has 1 unspecified atom stereocenters. The monoisotopic (exact) mass is 224 g/mol. The fourth-order valence-corrected chi connectivity index (χ4v) is 2.24. The fraction of sp³-hybridized carbons (Fsp3) is 0.500. The molecule has 0 aromatic heterocycles. The molecule has 3 heteroatoms. The summed E-state index contributed by atoms with van der Waals surface area (Å²) in [6.07, 6.45) is 0. The van der Waals surface area contributed by atoms with Gasteiger partial charge in [0.15, 0.2) is 0 Å². The van der Waals surface area contributed by atoms with Crippen molar-refractivity contribution in [3.05, 3.63) is 28.8 Å². The first-order chi connectivity index (χ1) is 7.16. The molecule has 0 radical (unpaired) electrons. The Hall–Kier alpha value is -0.730. The molecule has 1 saturated heterocycles. The molecule has 0 bridgehead atoms. The second-order valence-electron chi connectivity index (χ2n) is 4.23. The van der Waals surface area contributed by atoms with Gasteiger partial charge in [-0.05, 0) is 31.5 Å². The van der Waals surface area contributed by atoms with Gasteiger partial charge in [-0.25, -0.2) is 0 Å². The van der Waals surface area contributed by atoms with Gasteiger partial charge >= 0.3 is 0 Å².